The molecule has 1 fully saturated rings. The van der Waals surface area contributed by atoms with Crippen LogP contribution >= 0.6 is 0 Å². The summed E-state index contributed by atoms with van der Waals surface area (Å²) in [5.41, 5.74) is -1.17. The first-order chi connectivity index (χ1) is 9.47. The fourth-order valence-corrected chi connectivity index (χ4v) is 2.51. The minimum absolute atomic E-state index is 0.0241. The van der Waals surface area contributed by atoms with Crippen LogP contribution in [0.25, 0.3) is 5.65 Å². The van der Waals surface area contributed by atoms with Gasteiger partial charge in [-0.3, -0.25) is 9.20 Å². The summed E-state index contributed by atoms with van der Waals surface area (Å²) < 4.78 is 39.3. The minimum Gasteiger partial charge on any atom is -0.309 e. The molecule has 1 saturated heterocycles. The molecule has 1 N–H and O–H groups in total. The van der Waals surface area contributed by atoms with Crippen LogP contribution in [0.4, 0.5) is 13.2 Å². The lowest BCUT2D eigenvalue weighted by molar-refractivity contribution is -0.142. The number of rotatable bonds is 1. The summed E-state index contributed by atoms with van der Waals surface area (Å²) in [6.45, 7) is 0.828. The average molecular weight is 283 g/mol. The summed E-state index contributed by atoms with van der Waals surface area (Å²) in [6, 6.07) is 4.68. The maximum absolute atomic E-state index is 12.9. The Morgan fingerprint density at radius 1 is 1.35 bits per heavy atom. The van der Waals surface area contributed by atoms with Crippen molar-refractivity contribution >= 4 is 5.65 Å². The molecule has 7 heteroatoms. The lowest BCUT2D eigenvalue weighted by Crippen LogP contribution is -2.25. The molecule has 1 unspecified atom stereocenters. The number of hydrogen-bond donors (Lipinski definition) is 1. The molecule has 0 saturated carbocycles. The number of halogens is 3. The van der Waals surface area contributed by atoms with E-state index >= 15 is 0 Å². The summed E-state index contributed by atoms with van der Waals surface area (Å²) in [5, 5.41) is 3.18. The largest absolute Gasteiger partial charge is 0.431 e. The molecule has 2 aromatic heterocycles. The molecule has 1 aliphatic heterocycles. The molecule has 0 amide bonds. The summed E-state index contributed by atoms with van der Waals surface area (Å²) in [5.74, 6) is 0. The van der Waals surface area contributed by atoms with E-state index in [0.29, 0.717) is 10.1 Å². The highest BCUT2D eigenvalue weighted by Gasteiger charge is 2.34. The Morgan fingerprint density at radius 3 is 2.80 bits per heavy atom. The fraction of sp³-hybridized carbons (Fsp3) is 0.385. The number of hydrogen-bond acceptors (Lipinski definition) is 3. The van der Waals surface area contributed by atoms with Gasteiger partial charge in [0.15, 0.2) is 0 Å². The van der Waals surface area contributed by atoms with Gasteiger partial charge in [0.25, 0.3) is 5.56 Å². The van der Waals surface area contributed by atoms with Crippen LogP contribution < -0.4 is 10.9 Å². The van der Waals surface area contributed by atoms with Gasteiger partial charge in [-0.2, -0.15) is 13.2 Å². The van der Waals surface area contributed by atoms with Crippen LogP contribution in [-0.2, 0) is 6.18 Å². The number of pyridine rings is 1. The van der Waals surface area contributed by atoms with Crippen molar-refractivity contribution in [2.24, 2.45) is 0 Å². The zero-order chi connectivity index (χ0) is 14.3. The van der Waals surface area contributed by atoms with Crippen LogP contribution in [-0.4, -0.2) is 15.9 Å². The van der Waals surface area contributed by atoms with Gasteiger partial charge >= 0.3 is 6.18 Å². The lowest BCUT2D eigenvalue weighted by atomic mass is 10.1. The first-order valence-corrected chi connectivity index (χ1v) is 6.30. The van der Waals surface area contributed by atoms with Gasteiger partial charge in [0.1, 0.15) is 11.3 Å². The fourth-order valence-electron chi connectivity index (χ4n) is 2.51. The Morgan fingerprint density at radius 2 is 2.15 bits per heavy atom. The standard InChI is InChI=1S/C13H12F3N3O/c14-13(15,16)10-4-1-5-11-18-9(7-12(20)19(10)11)8-3-2-6-17-8/h1,4-5,7-8,17H,2-3,6H2. The molecule has 0 radical (unpaired) electrons. The van der Waals surface area contributed by atoms with Gasteiger partial charge in [0.2, 0.25) is 0 Å². The van der Waals surface area contributed by atoms with Gasteiger partial charge in [-0.05, 0) is 31.5 Å². The first-order valence-electron chi connectivity index (χ1n) is 6.30. The highest BCUT2D eigenvalue weighted by atomic mass is 19.4. The monoisotopic (exact) mass is 283 g/mol. The topological polar surface area (TPSA) is 46.4 Å². The molecule has 4 nitrogen and oxygen atoms in total. The predicted molar refractivity (Wildman–Crippen MR) is 66.4 cm³/mol. The van der Waals surface area contributed by atoms with Crippen molar-refractivity contribution < 1.29 is 13.2 Å². The lowest BCUT2D eigenvalue weighted by Gasteiger charge is -2.14. The van der Waals surface area contributed by atoms with Crippen molar-refractivity contribution in [3.05, 3.63) is 46.0 Å². The molecule has 20 heavy (non-hydrogen) atoms. The van der Waals surface area contributed by atoms with Crippen LogP contribution in [0, 0.1) is 0 Å². The summed E-state index contributed by atoms with van der Waals surface area (Å²) in [6.07, 6.45) is -2.78. The van der Waals surface area contributed by atoms with Crippen LogP contribution in [0.15, 0.2) is 29.1 Å². The highest BCUT2D eigenvalue weighted by molar-refractivity contribution is 5.41. The van der Waals surface area contributed by atoms with E-state index in [1.165, 1.54) is 18.2 Å². The second kappa shape index (κ2) is 4.59. The molecular formula is C13H12F3N3O. The third-order valence-corrected chi connectivity index (χ3v) is 3.41. The quantitative estimate of drug-likeness (QED) is 0.872. The van der Waals surface area contributed by atoms with Crippen molar-refractivity contribution in [2.45, 2.75) is 25.1 Å². The number of nitrogens with zero attached hydrogens (tertiary/aromatic N) is 2. The second-order valence-electron chi connectivity index (χ2n) is 4.77. The van der Waals surface area contributed by atoms with Crippen molar-refractivity contribution in [1.29, 1.82) is 0 Å². The molecular weight excluding hydrogens is 271 g/mol. The SMILES string of the molecule is O=c1cc(C2CCCN2)nc2cccc(C(F)(F)F)n12. The van der Waals surface area contributed by atoms with E-state index in [1.807, 2.05) is 0 Å². The molecule has 0 spiro atoms. The third-order valence-electron chi connectivity index (χ3n) is 3.41. The smallest absolute Gasteiger partial charge is 0.309 e. The second-order valence-corrected chi connectivity index (χ2v) is 4.77. The van der Waals surface area contributed by atoms with Gasteiger partial charge < -0.3 is 5.32 Å². The van der Waals surface area contributed by atoms with Crippen LogP contribution in [0.1, 0.15) is 30.3 Å². The molecule has 1 aliphatic rings. The van der Waals surface area contributed by atoms with E-state index in [9.17, 15) is 18.0 Å². The number of fused-ring (bicyclic) bond motifs is 1. The van der Waals surface area contributed by atoms with Gasteiger partial charge in [-0.15, -0.1) is 0 Å². The number of nitrogens with one attached hydrogen (secondary N) is 1. The van der Waals surface area contributed by atoms with Crippen molar-refractivity contribution in [3.63, 3.8) is 0 Å². The Balaban J connectivity index is 2.21. The van der Waals surface area contributed by atoms with Gasteiger partial charge in [0, 0.05) is 12.1 Å². The van der Waals surface area contributed by atoms with E-state index in [1.54, 1.807) is 0 Å². The van der Waals surface area contributed by atoms with E-state index in [-0.39, 0.29) is 11.7 Å². The number of alkyl halides is 3. The van der Waals surface area contributed by atoms with Crippen LogP contribution in [0.2, 0.25) is 0 Å². The molecule has 3 heterocycles. The zero-order valence-corrected chi connectivity index (χ0v) is 10.4. The summed E-state index contributed by atoms with van der Waals surface area (Å²) in [4.78, 5) is 16.2. The Kier molecular flexibility index (Phi) is 3.01. The molecule has 2 aromatic rings. The first kappa shape index (κ1) is 13.1. The van der Waals surface area contributed by atoms with Gasteiger partial charge in [-0.1, -0.05) is 6.07 Å². The van der Waals surface area contributed by atoms with Crippen molar-refractivity contribution in [2.75, 3.05) is 6.54 Å². The van der Waals surface area contributed by atoms with Crippen LogP contribution in [0.3, 0.4) is 0 Å². The summed E-state index contributed by atoms with van der Waals surface area (Å²) >= 11 is 0. The van der Waals surface area contributed by atoms with E-state index in [4.69, 9.17) is 0 Å². The molecule has 0 aromatic carbocycles. The highest BCUT2D eigenvalue weighted by Crippen LogP contribution is 2.29. The van der Waals surface area contributed by atoms with Gasteiger partial charge in [-0.25, -0.2) is 4.98 Å². The van der Waals surface area contributed by atoms with Gasteiger partial charge in [0.05, 0.1) is 5.69 Å². The average Bonchev–Trinajstić information content (AvgIpc) is 2.90. The molecule has 0 bridgehead atoms. The Hall–Kier alpha value is -1.89. The summed E-state index contributed by atoms with van der Waals surface area (Å²) in [7, 11) is 0. The maximum Gasteiger partial charge on any atom is 0.431 e. The van der Waals surface area contributed by atoms with Crippen LogP contribution in [0.5, 0.6) is 0 Å². The predicted octanol–water partition coefficient (Wildman–Crippen LogP) is 2.14. The van der Waals surface area contributed by atoms with E-state index < -0.39 is 17.4 Å². The third kappa shape index (κ3) is 2.18. The molecule has 3 rings (SSSR count). The Labute approximate surface area is 112 Å². The molecule has 106 valence electrons. The molecule has 0 aliphatic carbocycles. The Bertz CT molecular complexity index is 702. The van der Waals surface area contributed by atoms with Crippen molar-refractivity contribution in [3.8, 4) is 0 Å². The normalized spacial score (nSPS) is 19.6. The van der Waals surface area contributed by atoms with E-state index in [2.05, 4.69) is 10.3 Å². The number of aromatic nitrogens is 2. The zero-order valence-electron chi connectivity index (χ0n) is 10.4. The van der Waals surface area contributed by atoms with Crippen molar-refractivity contribution in [1.82, 2.24) is 14.7 Å². The maximum atomic E-state index is 12.9. The molecule has 1 atom stereocenters. The van der Waals surface area contributed by atoms with E-state index in [0.717, 1.165) is 25.5 Å². The minimum atomic E-state index is -4.59.